The van der Waals surface area contributed by atoms with Crippen molar-refractivity contribution in [3.63, 3.8) is 0 Å². The highest BCUT2D eigenvalue weighted by atomic mass is 35.5. The van der Waals surface area contributed by atoms with Crippen molar-refractivity contribution in [3.8, 4) is 0 Å². The van der Waals surface area contributed by atoms with Gasteiger partial charge in [0.2, 0.25) is 0 Å². The van der Waals surface area contributed by atoms with Gasteiger partial charge in [-0.2, -0.15) is 0 Å². The standard InChI is InChI=1S/C13H11FN2O.ClH/c14-12-5-1-4-11(7-12)13(17)16-9-10-3-2-6-15-8-10;/h1-8H,9H2,(H,16,17);1H. The maximum Gasteiger partial charge on any atom is 0.251 e. The molecule has 1 amide bonds. The van der Waals surface area contributed by atoms with Gasteiger partial charge in [0.25, 0.3) is 5.91 Å². The Balaban J connectivity index is 0.00000162. The molecular weight excluding hydrogens is 255 g/mol. The van der Waals surface area contributed by atoms with Crippen LogP contribution in [0, 0.1) is 5.82 Å². The average molecular weight is 267 g/mol. The van der Waals surface area contributed by atoms with Crippen LogP contribution in [-0.2, 0) is 6.54 Å². The molecule has 2 rings (SSSR count). The van der Waals surface area contributed by atoms with E-state index in [1.54, 1.807) is 18.5 Å². The van der Waals surface area contributed by atoms with Crippen molar-refractivity contribution in [2.24, 2.45) is 0 Å². The third-order valence-corrected chi connectivity index (χ3v) is 2.31. The number of H-pyrrole nitrogens is 1. The van der Waals surface area contributed by atoms with E-state index in [4.69, 9.17) is 0 Å². The largest absolute Gasteiger partial charge is 1.00 e. The van der Waals surface area contributed by atoms with E-state index in [0.717, 1.165) is 5.56 Å². The third-order valence-electron chi connectivity index (χ3n) is 2.31. The minimum atomic E-state index is -0.411. The fraction of sp³-hybridized carbons (Fsp3) is 0.0769. The number of hydrogen-bond acceptors (Lipinski definition) is 1. The van der Waals surface area contributed by atoms with Gasteiger partial charge in [0, 0.05) is 23.7 Å². The molecule has 1 heterocycles. The first-order valence-electron chi connectivity index (χ1n) is 5.24. The van der Waals surface area contributed by atoms with Crippen molar-refractivity contribution in [2.45, 2.75) is 6.54 Å². The van der Waals surface area contributed by atoms with Crippen LogP contribution in [0.4, 0.5) is 4.39 Å². The number of carbonyl (C=O) groups is 1. The quantitative estimate of drug-likeness (QED) is 0.728. The molecule has 0 spiro atoms. The van der Waals surface area contributed by atoms with Crippen LogP contribution in [0.1, 0.15) is 15.9 Å². The van der Waals surface area contributed by atoms with Crippen LogP contribution in [0.25, 0.3) is 0 Å². The van der Waals surface area contributed by atoms with Crippen LogP contribution in [-0.4, -0.2) is 5.91 Å². The van der Waals surface area contributed by atoms with Crippen molar-refractivity contribution in [1.82, 2.24) is 5.32 Å². The number of aromatic nitrogens is 1. The lowest BCUT2D eigenvalue weighted by Gasteiger charge is -2.03. The van der Waals surface area contributed by atoms with Crippen molar-refractivity contribution >= 4 is 5.91 Å². The predicted octanol–water partition coefficient (Wildman–Crippen LogP) is -1.43. The minimum absolute atomic E-state index is 0. The van der Waals surface area contributed by atoms with E-state index in [9.17, 15) is 9.18 Å². The van der Waals surface area contributed by atoms with E-state index in [0.29, 0.717) is 12.1 Å². The van der Waals surface area contributed by atoms with Crippen LogP contribution >= 0.6 is 0 Å². The van der Waals surface area contributed by atoms with Crippen LogP contribution in [0.2, 0.25) is 0 Å². The molecule has 0 saturated carbocycles. The summed E-state index contributed by atoms with van der Waals surface area (Å²) >= 11 is 0. The molecule has 0 unspecified atom stereocenters. The highest BCUT2D eigenvalue weighted by Crippen LogP contribution is 2.03. The van der Waals surface area contributed by atoms with Gasteiger partial charge < -0.3 is 17.7 Å². The number of nitrogens with one attached hydrogen (secondary N) is 2. The second-order valence-corrected chi connectivity index (χ2v) is 3.60. The smallest absolute Gasteiger partial charge is 0.251 e. The zero-order valence-corrected chi connectivity index (χ0v) is 10.2. The first kappa shape index (κ1) is 14.1. The molecule has 0 radical (unpaired) electrons. The van der Waals surface area contributed by atoms with Gasteiger partial charge in [-0.05, 0) is 24.3 Å². The highest BCUT2D eigenvalue weighted by Gasteiger charge is 2.06. The highest BCUT2D eigenvalue weighted by molar-refractivity contribution is 5.94. The summed E-state index contributed by atoms with van der Waals surface area (Å²) in [7, 11) is 0. The summed E-state index contributed by atoms with van der Waals surface area (Å²) in [4.78, 5) is 14.6. The van der Waals surface area contributed by atoms with Crippen molar-refractivity contribution in [2.75, 3.05) is 0 Å². The molecule has 5 heteroatoms. The summed E-state index contributed by atoms with van der Waals surface area (Å²) < 4.78 is 12.9. The molecule has 1 aromatic heterocycles. The second-order valence-electron chi connectivity index (χ2n) is 3.60. The molecule has 94 valence electrons. The third kappa shape index (κ3) is 3.82. The molecule has 0 fully saturated rings. The van der Waals surface area contributed by atoms with E-state index in [1.165, 1.54) is 18.2 Å². The summed E-state index contributed by atoms with van der Waals surface area (Å²) in [5, 5.41) is 2.72. The molecule has 0 aliphatic carbocycles. The van der Waals surface area contributed by atoms with Crippen molar-refractivity contribution in [3.05, 3.63) is 65.7 Å². The lowest BCUT2D eigenvalue weighted by molar-refractivity contribution is -0.378. The SMILES string of the molecule is O=C(NCc1ccc[nH+]c1)c1cccc(F)c1.[Cl-]. The van der Waals surface area contributed by atoms with Crippen molar-refractivity contribution in [1.29, 1.82) is 0 Å². The molecule has 2 aromatic rings. The number of hydrogen-bond donors (Lipinski definition) is 1. The van der Waals surface area contributed by atoms with Crippen LogP contribution in [0.3, 0.4) is 0 Å². The number of amides is 1. The molecule has 0 atom stereocenters. The van der Waals surface area contributed by atoms with E-state index in [-0.39, 0.29) is 18.3 Å². The monoisotopic (exact) mass is 266 g/mol. The Bertz CT molecular complexity index is 519. The Morgan fingerprint density at radius 2 is 2.11 bits per heavy atom. The number of pyridine rings is 1. The average Bonchev–Trinajstić information content (AvgIpc) is 2.37. The lowest BCUT2D eigenvalue weighted by atomic mass is 10.2. The Morgan fingerprint density at radius 1 is 1.28 bits per heavy atom. The van der Waals surface area contributed by atoms with Gasteiger partial charge in [-0.1, -0.05) is 6.07 Å². The summed E-state index contributed by atoms with van der Waals surface area (Å²) in [5.41, 5.74) is 1.28. The molecule has 0 saturated heterocycles. The summed E-state index contributed by atoms with van der Waals surface area (Å²) in [6.07, 6.45) is 3.59. The predicted molar refractivity (Wildman–Crippen MR) is 60.6 cm³/mol. The Kier molecular flexibility index (Phi) is 5.27. The van der Waals surface area contributed by atoms with Gasteiger partial charge in [-0.15, -0.1) is 0 Å². The molecule has 0 aliphatic rings. The normalized spacial score (nSPS) is 9.39. The number of benzene rings is 1. The molecular formula is C13H12ClFN2O. The van der Waals surface area contributed by atoms with Crippen LogP contribution in [0.15, 0.2) is 48.8 Å². The zero-order valence-electron chi connectivity index (χ0n) is 9.49. The minimum Gasteiger partial charge on any atom is -1.00 e. The number of carbonyl (C=O) groups excluding carboxylic acids is 1. The number of aromatic amines is 1. The van der Waals surface area contributed by atoms with Gasteiger partial charge in [0.1, 0.15) is 5.82 Å². The second kappa shape index (κ2) is 6.71. The fourth-order valence-corrected chi connectivity index (χ4v) is 1.45. The lowest BCUT2D eigenvalue weighted by Crippen LogP contribution is -3.00. The van der Waals surface area contributed by atoms with E-state index >= 15 is 0 Å². The molecule has 3 nitrogen and oxygen atoms in total. The summed E-state index contributed by atoms with van der Waals surface area (Å²) in [5.74, 6) is -0.695. The summed E-state index contributed by atoms with van der Waals surface area (Å²) in [6.45, 7) is 0.409. The summed E-state index contributed by atoms with van der Waals surface area (Å²) in [6, 6.07) is 9.36. The molecule has 2 N–H and O–H groups in total. The molecule has 1 aromatic carbocycles. The van der Waals surface area contributed by atoms with Gasteiger partial charge in [0.05, 0.1) is 0 Å². The van der Waals surface area contributed by atoms with E-state index in [2.05, 4.69) is 10.3 Å². The topological polar surface area (TPSA) is 43.2 Å². The molecule has 18 heavy (non-hydrogen) atoms. The van der Waals surface area contributed by atoms with E-state index in [1.807, 2.05) is 12.1 Å². The maximum absolute atomic E-state index is 12.9. The Hall–Kier alpha value is -1.94. The molecule has 0 aliphatic heterocycles. The van der Waals surface area contributed by atoms with Crippen LogP contribution < -0.4 is 22.7 Å². The maximum atomic E-state index is 12.9. The van der Waals surface area contributed by atoms with Gasteiger partial charge >= 0.3 is 0 Å². The fourth-order valence-electron chi connectivity index (χ4n) is 1.45. The van der Waals surface area contributed by atoms with Gasteiger partial charge in [0.15, 0.2) is 12.4 Å². The first-order chi connectivity index (χ1) is 8.25. The zero-order chi connectivity index (χ0) is 12.1. The Labute approximate surface area is 110 Å². The van der Waals surface area contributed by atoms with Gasteiger partial charge in [-0.25, -0.2) is 9.37 Å². The van der Waals surface area contributed by atoms with E-state index < -0.39 is 5.82 Å². The number of rotatable bonds is 3. The van der Waals surface area contributed by atoms with Crippen LogP contribution in [0.5, 0.6) is 0 Å². The van der Waals surface area contributed by atoms with Gasteiger partial charge in [-0.3, -0.25) is 4.79 Å². The first-order valence-corrected chi connectivity index (χ1v) is 5.24. The Morgan fingerprint density at radius 3 is 2.78 bits per heavy atom. The molecule has 0 bridgehead atoms. The van der Waals surface area contributed by atoms with Crippen molar-refractivity contribution < 1.29 is 26.6 Å². The number of halogens is 2.